The van der Waals surface area contributed by atoms with Gasteiger partial charge in [0.05, 0.1) is 12.8 Å². The molecule has 6 nitrogen and oxygen atoms in total. The van der Waals surface area contributed by atoms with Crippen LogP contribution in [0, 0.1) is 0 Å². The molecule has 3 heterocycles. The van der Waals surface area contributed by atoms with Crippen LogP contribution in [0.5, 0.6) is 17.2 Å². The van der Waals surface area contributed by atoms with E-state index in [1.54, 1.807) is 7.11 Å². The molecule has 36 heavy (non-hydrogen) atoms. The van der Waals surface area contributed by atoms with Crippen molar-refractivity contribution in [2.75, 3.05) is 44.7 Å². The molecule has 3 aliphatic heterocycles. The monoisotopic (exact) mass is 550 g/mol. The largest absolute Gasteiger partial charge is 0.495 e. The van der Waals surface area contributed by atoms with Crippen molar-refractivity contribution in [1.82, 2.24) is 4.90 Å². The summed E-state index contributed by atoms with van der Waals surface area (Å²) in [5.41, 5.74) is 3.07. The highest BCUT2D eigenvalue weighted by atomic mass is 35.5. The summed E-state index contributed by atoms with van der Waals surface area (Å²) in [6.45, 7) is 4.42. The van der Waals surface area contributed by atoms with E-state index in [2.05, 4.69) is 28.0 Å². The molecular formula is C27H29Cl3N2O4. The van der Waals surface area contributed by atoms with Crippen LogP contribution in [-0.4, -0.2) is 51.0 Å². The van der Waals surface area contributed by atoms with E-state index in [4.69, 9.17) is 30.5 Å². The van der Waals surface area contributed by atoms with Crippen LogP contribution in [0.2, 0.25) is 5.02 Å². The van der Waals surface area contributed by atoms with Gasteiger partial charge in [-0.05, 0) is 36.4 Å². The summed E-state index contributed by atoms with van der Waals surface area (Å²) in [4.78, 5) is 4.78. The van der Waals surface area contributed by atoms with E-state index in [9.17, 15) is 0 Å². The van der Waals surface area contributed by atoms with E-state index in [1.807, 2.05) is 48.5 Å². The number of halogens is 3. The van der Waals surface area contributed by atoms with Crippen molar-refractivity contribution >= 4 is 42.1 Å². The van der Waals surface area contributed by atoms with Gasteiger partial charge in [-0.2, -0.15) is 0 Å². The number of anilines is 1. The minimum absolute atomic E-state index is 0. The predicted molar refractivity (Wildman–Crippen MR) is 146 cm³/mol. The molecule has 0 saturated carbocycles. The Labute approximate surface area is 228 Å². The van der Waals surface area contributed by atoms with Crippen LogP contribution >= 0.6 is 36.4 Å². The molecule has 2 fully saturated rings. The first-order valence-electron chi connectivity index (χ1n) is 11.7. The lowest BCUT2D eigenvalue weighted by molar-refractivity contribution is -0.0850. The second-order valence-electron chi connectivity index (χ2n) is 8.82. The number of methoxy groups -OCH3 is 1. The molecule has 0 aliphatic carbocycles. The Morgan fingerprint density at radius 3 is 2.28 bits per heavy atom. The van der Waals surface area contributed by atoms with Crippen molar-refractivity contribution in [3.05, 3.63) is 82.9 Å². The molecule has 3 aromatic carbocycles. The van der Waals surface area contributed by atoms with E-state index >= 15 is 0 Å². The van der Waals surface area contributed by atoms with Crippen LogP contribution in [0.4, 0.5) is 5.69 Å². The zero-order valence-corrected chi connectivity index (χ0v) is 22.2. The lowest BCUT2D eigenvalue weighted by atomic mass is 9.98. The maximum absolute atomic E-state index is 6.50. The Hall–Kier alpha value is -2.19. The summed E-state index contributed by atoms with van der Waals surface area (Å²) < 4.78 is 24.8. The molecule has 0 aromatic heterocycles. The lowest BCUT2D eigenvalue weighted by Crippen LogP contribution is -2.48. The van der Waals surface area contributed by atoms with Crippen LogP contribution in [0.3, 0.4) is 0 Å². The van der Waals surface area contributed by atoms with Crippen LogP contribution in [-0.2, 0) is 9.47 Å². The number of hydrogen-bond acceptors (Lipinski definition) is 6. The van der Waals surface area contributed by atoms with E-state index < -0.39 is 0 Å². The average Bonchev–Trinajstić information content (AvgIpc) is 3.24. The number of para-hydroxylation sites is 3. The van der Waals surface area contributed by atoms with Crippen molar-refractivity contribution in [2.24, 2.45) is 0 Å². The van der Waals surface area contributed by atoms with Crippen molar-refractivity contribution in [3.63, 3.8) is 0 Å². The Morgan fingerprint density at radius 2 is 1.50 bits per heavy atom. The lowest BCUT2D eigenvalue weighted by Gasteiger charge is -2.37. The SMILES string of the molecule is COc1ccccc1N1CCN(CC2OC3c4ccccc4Oc4ccc(Cl)cc4C3O2)CC1.Cl.Cl. The number of piperazine rings is 1. The molecule has 192 valence electrons. The van der Waals surface area contributed by atoms with E-state index in [-0.39, 0.29) is 43.3 Å². The highest BCUT2D eigenvalue weighted by Gasteiger charge is 2.43. The number of nitrogens with zero attached hydrogens (tertiary/aromatic N) is 2. The summed E-state index contributed by atoms with van der Waals surface area (Å²) in [5.74, 6) is 2.48. The Morgan fingerprint density at radius 1 is 0.833 bits per heavy atom. The van der Waals surface area contributed by atoms with Gasteiger partial charge in [0.2, 0.25) is 0 Å². The van der Waals surface area contributed by atoms with Gasteiger partial charge in [-0.3, -0.25) is 4.90 Å². The maximum Gasteiger partial charge on any atom is 0.172 e. The first-order chi connectivity index (χ1) is 16.7. The molecule has 0 bridgehead atoms. The molecule has 0 spiro atoms. The van der Waals surface area contributed by atoms with Crippen LogP contribution in [0.25, 0.3) is 0 Å². The summed E-state index contributed by atoms with van der Waals surface area (Å²) in [5, 5.41) is 0.659. The third-order valence-electron chi connectivity index (χ3n) is 6.80. The maximum atomic E-state index is 6.50. The van der Waals surface area contributed by atoms with E-state index in [1.165, 1.54) is 0 Å². The molecule has 3 aliphatic rings. The number of hydrogen-bond donors (Lipinski definition) is 0. The van der Waals surface area contributed by atoms with Gasteiger partial charge in [0.15, 0.2) is 6.29 Å². The molecule has 0 amide bonds. The van der Waals surface area contributed by atoms with Gasteiger partial charge in [-0.1, -0.05) is 41.9 Å². The summed E-state index contributed by atoms with van der Waals surface area (Å²) in [6.07, 6.45) is -0.834. The molecule has 3 aromatic rings. The highest BCUT2D eigenvalue weighted by molar-refractivity contribution is 6.30. The Kier molecular flexibility index (Phi) is 8.56. The summed E-state index contributed by atoms with van der Waals surface area (Å²) in [7, 11) is 1.72. The number of ether oxygens (including phenoxy) is 4. The number of fused-ring (bicyclic) bond motifs is 5. The zero-order valence-electron chi connectivity index (χ0n) is 19.8. The zero-order chi connectivity index (χ0) is 23.1. The molecule has 3 unspecified atom stereocenters. The first kappa shape index (κ1) is 26.9. The van der Waals surface area contributed by atoms with E-state index in [0.717, 1.165) is 60.2 Å². The molecule has 3 atom stereocenters. The molecule has 9 heteroatoms. The summed E-state index contributed by atoms with van der Waals surface area (Å²) >= 11 is 6.34. The fourth-order valence-electron chi connectivity index (χ4n) is 5.10. The topological polar surface area (TPSA) is 43.4 Å². The molecule has 2 saturated heterocycles. The minimum Gasteiger partial charge on any atom is -0.495 e. The summed E-state index contributed by atoms with van der Waals surface area (Å²) in [6, 6.07) is 21.9. The van der Waals surface area contributed by atoms with Crippen molar-refractivity contribution in [2.45, 2.75) is 18.5 Å². The van der Waals surface area contributed by atoms with Gasteiger partial charge in [0, 0.05) is 48.9 Å². The van der Waals surface area contributed by atoms with Crippen molar-refractivity contribution < 1.29 is 18.9 Å². The second-order valence-corrected chi connectivity index (χ2v) is 9.26. The minimum atomic E-state index is -0.328. The van der Waals surface area contributed by atoms with Gasteiger partial charge < -0.3 is 23.8 Å². The second kappa shape index (κ2) is 11.5. The smallest absolute Gasteiger partial charge is 0.172 e. The fraction of sp³-hybridized carbons (Fsp3) is 0.333. The van der Waals surface area contributed by atoms with E-state index in [0.29, 0.717) is 11.6 Å². The van der Waals surface area contributed by atoms with Crippen LogP contribution in [0.1, 0.15) is 23.3 Å². The predicted octanol–water partition coefficient (Wildman–Crippen LogP) is 6.28. The quantitative estimate of drug-likeness (QED) is 0.380. The Balaban J connectivity index is 0.00000152. The third-order valence-corrected chi connectivity index (χ3v) is 7.04. The van der Waals surface area contributed by atoms with Gasteiger partial charge in [0.1, 0.15) is 29.5 Å². The molecule has 0 N–H and O–H groups in total. The molecule has 6 rings (SSSR count). The normalized spacial score (nSPS) is 22.6. The average molecular weight is 552 g/mol. The number of rotatable bonds is 4. The van der Waals surface area contributed by atoms with Gasteiger partial charge >= 0.3 is 0 Å². The van der Waals surface area contributed by atoms with Crippen LogP contribution in [0.15, 0.2) is 66.7 Å². The first-order valence-corrected chi connectivity index (χ1v) is 12.0. The van der Waals surface area contributed by atoms with Crippen molar-refractivity contribution in [3.8, 4) is 17.2 Å². The Bertz CT molecular complexity index is 1190. The standard InChI is InChI=1S/C27H27ClN2O4.2ClH/c1-31-24-9-5-3-7-21(24)30-14-12-29(13-15-30)17-25-33-26-19-6-2-4-8-22(19)32-23-11-10-18(28)16-20(23)27(26)34-25;;/h2-11,16,25-27H,12-15,17H2,1H3;2*1H. The van der Waals surface area contributed by atoms with Gasteiger partial charge in [-0.15, -0.1) is 24.8 Å². The van der Waals surface area contributed by atoms with Crippen molar-refractivity contribution in [1.29, 1.82) is 0 Å². The molecule has 0 radical (unpaired) electrons. The van der Waals surface area contributed by atoms with Gasteiger partial charge in [-0.25, -0.2) is 0 Å². The van der Waals surface area contributed by atoms with Crippen LogP contribution < -0.4 is 14.4 Å². The highest BCUT2D eigenvalue weighted by Crippen LogP contribution is 2.52. The fourth-order valence-corrected chi connectivity index (χ4v) is 5.28. The number of benzene rings is 3. The third kappa shape index (κ3) is 5.12. The molecular weight excluding hydrogens is 523 g/mol. The van der Waals surface area contributed by atoms with Gasteiger partial charge in [0.25, 0.3) is 0 Å².